The lowest BCUT2D eigenvalue weighted by atomic mass is 10.1. The Morgan fingerprint density at radius 3 is 2.62 bits per heavy atom. The smallest absolute Gasteiger partial charge is 0.268 e. The van der Waals surface area contributed by atoms with E-state index in [4.69, 9.17) is 23.2 Å². The number of nitrogens with zero attached hydrogens (tertiary/aromatic N) is 2. The molecule has 0 saturated carbocycles. The molecule has 0 spiro atoms. The van der Waals surface area contributed by atoms with Crippen LogP contribution in [0.25, 0.3) is 10.9 Å². The van der Waals surface area contributed by atoms with Crippen LogP contribution in [-0.2, 0) is 5.88 Å². The highest BCUT2D eigenvalue weighted by Gasteiger charge is 2.38. The molecule has 0 bridgehead atoms. The van der Waals surface area contributed by atoms with Crippen molar-refractivity contribution in [2.75, 3.05) is 4.90 Å². The van der Waals surface area contributed by atoms with Crippen molar-refractivity contribution in [3.8, 4) is 0 Å². The number of alkyl halides is 1. The van der Waals surface area contributed by atoms with Crippen LogP contribution in [0.1, 0.15) is 26.4 Å². The van der Waals surface area contributed by atoms with Crippen LogP contribution in [0.2, 0.25) is 5.02 Å². The third-order valence-electron chi connectivity index (χ3n) is 3.94. The maximum atomic E-state index is 12.7. The van der Waals surface area contributed by atoms with Gasteiger partial charge in [-0.1, -0.05) is 23.7 Å². The van der Waals surface area contributed by atoms with Crippen molar-refractivity contribution < 1.29 is 9.59 Å². The molecule has 24 heavy (non-hydrogen) atoms. The van der Waals surface area contributed by atoms with Gasteiger partial charge in [0.05, 0.1) is 16.8 Å². The third kappa shape index (κ3) is 2.27. The number of hydrogen-bond acceptors (Lipinski definition) is 3. The average molecular weight is 357 g/mol. The van der Waals surface area contributed by atoms with Gasteiger partial charge in [-0.2, -0.15) is 0 Å². The molecule has 3 aromatic rings. The van der Waals surface area contributed by atoms with Gasteiger partial charge in [0.1, 0.15) is 5.69 Å². The molecule has 0 fully saturated rings. The molecule has 0 unspecified atom stereocenters. The van der Waals surface area contributed by atoms with E-state index in [0.717, 1.165) is 15.8 Å². The summed E-state index contributed by atoms with van der Waals surface area (Å²) in [5, 5.41) is 1.27. The molecule has 4 nitrogen and oxygen atoms in total. The molecule has 2 aromatic carbocycles. The van der Waals surface area contributed by atoms with Crippen molar-refractivity contribution in [1.29, 1.82) is 0 Å². The summed E-state index contributed by atoms with van der Waals surface area (Å²) in [6.07, 6.45) is 0. The molecule has 0 N–H and O–H groups in total. The van der Waals surface area contributed by atoms with Crippen LogP contribution in [0.5, 0.6) is 0 Å². The second-order valence-corrected chi connectivity index (χ2v) is 6.17. The Morgan fingerprint density at radius 1 is 1.00 bits per heavy atom. The maximum absolute atomic E-state index is 12.7. The minimum absolute atomic E-state index is 0.158. The van der Waals surface area contributed by atoms with Crippen LogP contribution < -0.4 is 4.90 Å². The molecule has 0 aliphatic carbocycles. The highest BCUT2D eigenvalue weighted by molar-refractivity contribution is 6.35. The number of carbonyl (C=O) groups excluding carboxylic acids is 2. The summed E-state index contributed by atoms with van der Waals surface area (Å²) in [5.74, 6) is -0.521. The van der Waals surface area contributed by atoms with Gasteiger partial charge in [-0.15, -0.1) is 11.6 Å². The van der Waals surface area contributed by atoms with Gasteiger partial charge in [0.25, 0.3) is 11.8 Å². The first-order valence-electron chi connectivity index (χ1n) is 7.22. The number of rotatable bonds is 2. The minimum atomic E-state index is -0.432. The highest BCUT2D eigenvalue weighted by atomic mass is 35.5. The fourth-order valence-corrected chi connectivity index (χ4v) is 3.15. The van der Waals surface area contributed by atoms with Gasteiger partial charge >= 0.3 is 0 Å². The van der Waals surface area contributed by atoms with E-state index < -0.39 is 11.8 Å². The van der Waals surface area contributed by atoms with E-state index in [9.17, 15) is 9.59 Å². The molecule has 0 radical (unpaired) electrons. The standard InChI is InChI=1S/C18H10Cl2N2O2/c19-9-10-2-1-3-13(6-10)22-17(23)14-8-11-7-12(20)4-5-15(11)21-16(14)18(22)24/h1-8H,9H2. The van der Waals surface area contributed by atoms with E-state index in [-0.39, 0.29) is 11.3 Å². The van der Waals surface area contributed by atoms with Crippen LogP contribution in [0.3, 0.4) is 0 Å². The van der Waals surface area contributed by atoms with Crippen molar-refractivity contribution in [2.24, 2.45) is 0 Å². The fraction of sp³-hybridized carbons (Fsp3) is 0.0556. The number of amides is 2. The quantitative estimate of drug-likeness (QED) is 0.504. The van der Waals surface area contributed by atoms with Crippen LogP contribution >= 0.6 is 23.2 Å². The summed E-state index contributed by atoms with van der Waals surface area (Å²) in [4.78, 5) is 30.9. The second kappa shape index (κ2) is 5.58. The molecule has 2 amide bonds. The van der Waals surface area contributed by atoms with Gasteiger partial charge in [-0.3, -0.25) is 9.59 Å². The van der Waals surface area contributed by atoms with Crippen molar-refractivity contribution in [2.45, 2.75) is 5.88 Å². The second-order valence-electron chi connectivity index (χ2n) is 5.47. The molecular weight excluding hydrogens is 347 g/mol. The number of pyridine rings is 1. The molecule has 0 atom stereocenters. The van der Waals surface area contributed by atoms with E-state index in [2.05, 4.69) is 4.98 Å². The molecular formula is C18H10Cl2N2O2. The van der Waals surface area contributed by atoms with Crippen molar-refractivity contribution in [3.63, 3.8) is 0 Å². The van der Waals surface area contributed by atoms with Crippen LogP contribution in [0, 0.1) is 0 Å². The molecule has 2 heterocycles. The molecule has 6 heteroatoms. The Morgan fingerprint density at radius 2 is 1.83 bits per heavy atom. The van der Waals surface area contributed by atoms with E-state index in [1.807, 2.05) is 6.07 Å². The number of benzene rings is 2. The first-order valence-corrected chi connectivity index (χ1v) is 8.14. The van der Waals surface area contributed by atoms with Gasteiger partial charge in [0.2, 0.25) is 0 Å². The largest absolute Gasteiger partial charge is 0.284 e. The SMILES string of the molecule is O=C1c2cc3cc(Cl)ccc3nc2C(=O)N1c1cccc(CCl)c1. The summed E-state index contributed by atoms with van der Waals surface area (Å²) in [7, 11) is 0. The lowest BCUT2D eigenvalue weighted by Crippen LogP contribution is -2.29. The fourth-order valence-electron chi connectivity index (χ4n) is 2.81. The first kappa shape index (κ1) is 15.1. The van der Waals surface area contributed by atoms with Crippen molar-refractivity contribution >= 4 is 51.6 Å². The van der Waals surface area contributed by atoms with Crippen LogP contribution in [0.15, 0.2) is 48.5 Å². The summed E-state index contributed by atoms with van der Waals surface area (Å²) < 4.78 is 0. The van der Waals surface area contributed by atoms with Crippen LogP contribution in [-0.4, -0.2) is 16.8 Å². The maximum Gasteiger partial charge on any atom is 0.284 e. The highest BCUT2D eigenvalue weighted by Crippen LogP contribution is 2.31. The van der Waals surface area contributed by atoms with Crippen molar-refractivity contribution in [1.82, 2.24) is 4.98 Å². The zero-order valence-corrected chi connectivity index (χ0v) is 13.8. The monoisotopic (exact) mass is 356 g/mol. The Kier molecular flexibility index (Phi) is 3.52. The lowest BCUT2D eigenvalue weighted by molar-refractivity contribution is 0.0925. The molecule has 4 rings (SSSR count). The molecule has 1 aliphatic heterocycles. The van der Waals surface area contributed by atoms with Gasteiger partial charge in [0.15, 0.2) is 0 Å². The van der Waals surface area contributed by atoms with E-state index in [1.54, 1.807) is 42.5 Å². The number of imide groups is 1. The van der Waals surface area contributed by atoms with Gasteiger partial charge in [-0.05, 0) is 42.0 Å². The van der Waals surface area contributed by atoms with Gasteiger partial charge < -0.3 is 0 Å². The van der Waals surface area contributed by atoms with Gasteiger partial charge in [0, 0.05) is 16.3 Å². The Labute approximate surface area is 147 Å². The summed E-state index contributed by atoms with van der Waals surface area (Å²) >= 11 is 11.8. The Bertz CT molecular complexity index is 1020. The van der Waals surface area contributed by atoms with Crippen LogP contribution in [0.4, 0.5) is 5.69 Å². The summed E-state index contributed by atoms with van der Waals surface area (Å²) in [6.45, 7) is 0. The predicted molar refractivity (Wildman–Crippen MR) is 93.9 cm³/mol. The number of hydrogen-bond donors (Lipinski definition) is 0. The van der Waals surface area contributed by atoms with Gasteiger partial charge in [-0.25, -0.2) is 9.88 Å². The number of aromatic nitrogens is 1. The number of halogens is 2. The zero-order chi connectivity index (χ0) is 16.8. The normalized spacial score (nSPS) is 13.7. The number of anilines is 1. The Hall–Kier alpha value is -2.43. The summed E-state index contributed by atoms with van der Waals surface area (Å²) in [5.41, 5.74) is 2.38. The lowest BCUT2D eigenvalue weighted by Gasteiger charge is -2.14. The van der Waals surface area contributed by atoms with E-state index in [1.165, 1.54) is 0 Å². The zero-order valence-electron chi connectivity index (χ0n) is 12.3. The number of fused-ring (bicyclic) bond motifs is 2. The molecule has 1 aromatic heterocycles. The van der Waals surface area contributed by atoms with Crippen molar-refractivity contribution in [3.05, 3.63) is 70.4 Å². The predicted octanol–water partition coefficient (Wildman–Crippen LogP) is 4.43. The minimum Gasteiger partial charge on any atom is -0.268 e. The molecule has 1 aliphatic rings. The third-order valence-corrected chi connectivity index (χ3v) is 4.48. The summed E-state index contributed by atoms with van der Waals surface area (Å²) in [6, 6.07) is 13.8. The average Bonchev–Trinajstić information content (AvgIpc) is 2.83. The topological polar surface area (TPSA) is 50.3 Å². The van der Waals surface area contributed by atoms with E-state index >= 15 is 0 Å². The number of carbonyl (C=O) groups is 2. The molecule has 0 saturated heterocycles. The first-order chi connectivity index (χ1) is 11.6. The van der Waals surface area contributed by atoms with E-state index in [0.29, 0.717) is 22.1 Å². The molecule has 118 valence electrons. The Balaban J connectivity index is 1.87.